The minimum Gasteiger partial charge on any atom is -0.493 e. The summed E-state index contributed by atoms with van der Waals surface area (Å²) in [5.74, 6) is 1.90. The van der Waals surface area contributed by atoms with Crippen LogP contribution in [-0.2, 0) is 9.84 Å². The molecule has 6 heteroatoms. The molecule has 0 radical (unpaired) electrons. The van der Waals surface area contributed by atoms with Crippen molar-refractivity contribution in [1.82, 2.24) is 4.90 Å². The van der Waals surface area contributed by atoms with E-state index in [0.717, 1.165) is 25.4 Å². The van der Waals surface area contributed by atoms with Gasteiger partial charge in [0.2, 0.25) is 0 Å². The maximum Gasteiger partial charge on any atom is 0.175 e. The topological polar surface area (TPSA) is 46.6 Å². The summed E-state index contributed by atoms with van der Waals surface area (Å²) in [4.78, 5) is 2.69. The molecule has 0 bridgehead atoms. The maximum absolute atomic E-state index is 11.4. The molecular formula is C15H22ClNO3S. The predicted molar refractivity (Wildman–Crippen MR) is 84.9 cm³/mol. The maximum atomic E-state index is 11.4. The molecule has 4 nitrogen and oxygen atoms in total. The number of ether oxygens (including phenoxy) is 1. The van der Waals surface area contributed by atoms with Gasteiger partial charge in [-0.1, -0.05) is 0 Å². The number of piperidine rings is 1. The minimum atomic E-state index is -3.14. The number of sulfone groups is 1. The lowest BCUT2D eigenvalue weighted by atomic mass is 9.99. The molecule has 1 aliphatic heterocycles. The molecule has 1 fully saturated rings. The Bertz CT molecular complexity index is 543. The van der Waals surface area contributed by atoms with Gasteiger partial charge in [0.05, 0.1) is 11.5 Å². The van der Waals surface area contributed by atoms with E-state index in [9.17, 15) is 8.42 Å². The van der Waals surface area contributed by atoms with Crippen LogP contribution in [0.2, 0.25) is 0 Å². The molecule has 1 aliphatic rings. The molecule has 1 saturated heterocycles. The van der Waals surface area contributed by atoms with Gasteiger partial charge in [0.15, 0.2) is 9.84 Å². The third kappa shape index (κ3) is 5.16. The minimum absolute atomic E-state index is 0.320. The van der Waals surface area contributed by atoms with Gasteiger partial charge in [-0.2, -0.15) is 0 Å². The third-order valence-corrected chi connectivity index (χ3v) is 5.04. The van der Waals surface area contributed by atoms with Gasteiger partial charge in [-0.25, -0.2) is 8.42 Å². The van der Waals surface area contributed by atoms with Gasteiger partial charge in [0.1, 0.15) is 5.75 Å². The molecule has 1 atom stereocenters. The average molecular weight is 332 g/mol. The van der Waals surface area contributed by atoms with Crippen LogP contribution >= 0.6 is 11.6 Å². The molecule has 0 N–H and O–H groups in total. The number of halogens is 1. The van der Waals surface area contributed by atoms with Crippen molar-refractivity contribution in [3.05, 3.63) is 24.3 Å². The van der Waals surface area contributed by atoms with Crippen LogP contribution in [0.15, 0.2) is 29.2 Å². The number of nitrogens with zero attached hydrogens (tertiary/aromatic N) is 1. The number of hydrogen-bond acceptors (Lipinski definition) is 4. The largest absolute Gasteiger partial charge is 0.493 e. The SMILES string of the molecule is CS(=O)(=O)c1ccc(OC[C@@H]2CCCN(CCCl)C2)cc1. The highest BCUT2D eigenvalue weighted by atomic mass is 35.5. The van der Waals surface area contributed by atoms with Crippen molar-refractivity contribution >= 4 is 21.4 Å². The van der Waals surface area contributed by atoms with E-state index in [1.165, 1.54) is 19.1 Å². The van der Waals surface area contributed by atoms with Crippen molar-refractivity contribution in [3.63, 3.8) is 0 Å². The Morgan fingerprint density at radius 1 is 1.33 bits per heavy atom. The first-order chi connectivity index (χ1) is 9.99. The Morgan fingerprint density at radius 3 is 2.67 bits per heavy atom. The molecule has 0 amide bonds. The highest BCUT2D eigenvalue weighted by Crippen LogP contribution is 2.20. The van der Waals surface area contributed by atoms with Crippen molar-refractivity contribution in [2.24, 2.45) is 5.92 Å². The summed E-state index contributed by atoms with van der Waals surface area (Å²) in [7, 11) is -3.14. The fourth-order valence-corrected chi connectivity index (χ4v) is 3.48. The first kappa shape index (κ1) is 16.6. The highest BCUT2D eigenvalue weighted by Gasteiger charge is 2.20. The van der Waals surface area contributed by atoms with Gasteiger partial charge >= 0.3 is 0 Å². The average Bonchev–Trinajstić information content (AvgIpc) is 2.45. The van der Waals surface area contributed by atoms with E-state index in [1.54, 1.807) is 24.3 Å². The van der Waals surface area contributed by atoms with Crippen LogP contribution in [0.3, 0.4) is 0 Å². The smallest absolute Gasteiger partial charge is 0.175 e. The Labute approximate surface area is 132 Å². The summed E-state index contributed by atoms with van der Waals surface area (Å²) >= 11 is 5.79. The second-order valence-electron chi connectivity index (χ2n) is 5.55. The lowest BCUT2D eigenvalue weighted by Gasteiger charge is -2.32. The number of alkyl halides is 1. The molecule has 21 heavy (non-hydrogen) atoms. The first-order valence-electron chi connectivity index (χ1n) is 7.20. The summed E-state index contributed by atoms with van der Waals surface area (Å²) in [6.07, 6.45) is 3.55. The van der Waals surface area contributed by atoms with E-state index in [-0.39, 0.29) is 0 Å². The van der Waals surface area contributed by atoms with Crippen LogP contribution in [0.25, 0.3) is 0 Å². The fraction of sp³-hybridized carbons (Fsp3) is 0.600. The zero-order valence-electron chi connectivity index (χ0n) is 12.3. The van der Waals surface area contributed by atoms with Crippen molar-refractivity contribution in [2.75, 3.05) is 38.4 Å². The van der Waals surface area contributed by atoms with Gasteiger partial charge in [0, 0.05) is 31.1 Å². The highest BCUT2D eigenvalue weighted by molar-refractivity contribution is 7.90. The molecule has 1 aromatic carbocycles. The van der Waals surface area contributed by atoms with E-state index in [4.69, 9.17) is 16.3 Å². The van der Waals surface area contributed by atoms with Crippen molar-refractivity contribution < 1.29 is 13.2 Å². The quantitative estimate of drug-likeness (QED) is 0.751. The zero-order valence-corrected chi connectivity index (χ0v) is 13.9. The van der Waals surface area contributed by atoms with Gasteiger partial charge in [-0.05, 0) is 43.7 Å². The summed E-state index contributed by atoms with van der Waals surface area (Å²) in [6.45, 7) is 3.73. The Hall–Kier alpha value is -0.780. The van der Waals surface area contributed by atoms with Gasteiger partial charge in [-0.15, -0.1) is 11.6 Å². The molecule has 0 saturated carbocycles. The van der Waals surface area contributed by atoms with Crippen molar-refractivity contribution in [2.45, 2.75) is 17.7 Å². The second kappa shape index (κ2) is 7.47. The van der Waals surface area contributed by atoms with Crippen LogP contribution in [0.5, 0.6) is 5.75 Å². The monoisotopic (exact) mass is 331 g/mol. The van der Waals surface area contributed by atoms with E-state index >= 15 is 0 Å². The summed E-state index contributed by atoms with van der Waals surface area (Å²) in [6, 6.07) is 6.61. The summed E-state index contributed by atoms with van der Waals surface area (Å²) < 4.78 is 28.6. The second-order valence-corrected chi connectivity index (χ2v) is 7.95. The van der Waals surface area contributed by atoms with E-state index in [2.05, 4.69) is 4.90 Å². The van der Waals surface area contributed by atoms with Gasteiger partial charge in [0.25, 0.3) is 0 Å². The number of likely N-dealkylation sites (tertiary alicyclic amines) is 1. The standard InChI is InChI=1S/C15H22ClNO3S/c1-21(18,19)15-6-4-14(5-7-15)20-12-13-3-2-9-17(11-13)10-8-16/h4-7,13H,2-3,8-12H2,1H3/t13-/m1/s1. The fourth-order valence-electron chi connectivity index (χ4n) is 2.61. The van der Waals surface area contributed by atoms with Crippen LogP contribution in [0.1, 0.15) is 12.8 Å². The number of rotatable bonds is 6. The van der Waals surface area contributed by atoms with E-state index < -0.39 is 9.84 Å². The van der Waals surface area contributed by atoms with Gasteiger partial charge < -0.3 is 9.64 Å². The van der Waals surface area contributed by atoms with Crippen LogP contribution in [0.4, 0.5) is 0 Å². The molecule has 0 spiro atoms. The summed E-state index contributed by atoms with van der Waals surface area (Å²) in [5.41, 5.74) is 0. The van der Waals surface area contributed by atoms with Crippen molar-refractivity contribution in [1.29, 1.82) is 0 Å². The zero-order chi connectivity index (χ0) is 15.3. The number of benzene rings is 1. The van der Waals surface area contributed by atoms with Crippen LogP contribution < -0.4 is 4.74 Å². The molecule has 0 aliphatic carbocycles. The molecular weight excluding hydrogens is 310 g/mol. The Kier molecular flexibility index (Phi) is 5.90. The van der Waals surface area contributed by atoms with Crippen molar-refractivity contribution in [3.8, 4) is 5.75 Å². The van der Waals surface area contributed by atoms with Crippen LogP contribution in [0, 0.1) is 5.92 Å². The molecule has 2 rings (SSSR count). The lowest BCUT2D eigenvalue weighted by Crippen LogP contribution is -2.38. The molecule has 0 aromatic heterocycles. The van der Waals surface area contributed by atoms with E-state index in [0.29, 0.717) is 23.3 Å². The molecule has 118 valence electrons. The van der Waals surface area contributed by atoms with Gasteiger partial charge in [-0.3, -0.25) is 0 Å². The third-order valence-electron chi connectivity index (χ3n) is 3.74. The lowest BCUT2D eigenvalue weighted by molar-refractivity contribution is 0.135. The Balaban J connectivity index is 1.85. The van der Waals surface area contributed by atoms with E-state index in [1.807, 2.05) is 0 Å². The molecule has 1 heterocycles. The number of hydrogen-bond donors (Lipinski definition) is 0. The molecule has 1 aromatic rings. The Morgan fingerprint density at radius 2 is 2.05 bits per heavy atom. The first-order valence-corrected chi connectivity index (χ1v) is 9.63. The summed E-state index contributed by atoms with van der Waals surface area (Å²) in [5, 5.41) is 0. The van der Waals surface area contributed by atoms with Crippen LogP contribution in [-0.4, -0.2) is 51.7 Å². The molecule has 0 unspecified atom stereocenters. The predicted octanol–water partition coefficient (Wildman–Crippen LogP) is 2.42. The normalized spacial score (nSPS) is 20.4.